The summed E-state index contributed by atoms with van der Waals surface area (Å²) in [5.74, 6) is -0.255. The molecule has 1 N–H and O–H groups in total. The van der Waals surface area contributed by atoms with Crippen LogP contribution in [0.2, 0.25) is 0 Å². The number of amides is 1. The van der Waals surface area contributed by atoms with Crippen LogP contribution in [-0.4, -0.2) is 69.3 Å². The van der Waals surface area contributed by atoms with E-state index in [-0.39, 0.29) is 18.9 Å². The molecule has 23 heavy (non-hydrogen) atoms. The predicted octanol–water partition coefficient (Wildman–Crippen LogP) is 0.885. The Hall–Kier alpha value is -2.28. The molecule has 0 atom stereocenters. The summed E-state index contributed by atoms with van der Waals surface area (Å²) >= 11 is 0. The molecule has 0 saturated carbocycles. The molecule has 7 nitrogen and oxygen atoms in total. The van der Waals surface area contributed by atoms with E-state index in [1.54, 1.807) is 11.9 Å². The molecule has 1 aromatic carbocycles. The summed E-state index contributed by atoms with van der Waals surface area (Å²) in [6.07, 6.45) is 0.0732. The van der Waals surface area contributed by atoms with Gasteiger partial charge in [0.05, 0.1) is 12.1 Å². The number of ether oxygens (including phenoxy) is 1. The lowest BCUT2D eigenvalue weighted by atomic mass is 10.2. The maximum Gasteiger partial charge on any atom is 0.305 e. The van der Waals surface area contributed by atoms with Gasteiger partial charge >= 0.3 is 5.97 Å². The van der Waals surface area contributed by atoms with Gasteiger partial charge in [0, 0.05) is 38.4 Å². The molecule has 0 unspecified atom stereocenters. The molecule has 1 aliphatic heterocycles. The molecule has 126 valence electrons. The van der Waals surface area contributed by atoms with E-state index in [0.717, 1.165) is 17.9 Å². The number of carboxylic acids is 1. The van der Waals surface area contributed by atoms with E-state index in [0.29, 0.717) is 18.8 Å². The molecular weight excluding hydrogens is 298 g/mol. The van der Waals surface area contributed by atoms with Gasteiger partial charge in [0.15, 0.2) is 6.61 Å². The van der Waals surface area contributed by atoms with Crippen LogP contribution in [-0.2, 0) is 9.59 Å². The van der Waals surface area contributed by atoms with Gasteiger partial charge in [0.2, 0.25) is 0 Å². The number of carbonyl (C=O) groups is 2. The summed E-state index contributed by atoms with van der Waals surface area (Å²) in [4.78, 5) is 28.2. The summed E-state index contributed by atoms with van der Waals surface area (Å²) in [5, 5.41) is 8.94. The third kappa shape index (κ3) is 4.35. The fourth-order valence-corrected chi connectivity index (χ4v) is 2.38. The molecule has 0 aliphatic carbocycles. The average Bonchev–Trinajstić information content (AvgIpc) is 2.50. The van der Waals surface area contributed by atoms with Crippen LogP contribution in [0.25, 0.3) is 0 Å². The number of hydrogen-bond donors (Lipinski definition) is 1. The van der Waals surface area contributed by atoms with Crippen LogP contribution in [0.1, 0.15) is 6.42 Å². The van der Waals surface area contributed by atoms with Crippen LogP contribution in [0, 0.1) is 0 Å². The first-order valence-electron chi connectivity index (χ1n) is 7.53. The lowest BCUT2D eigenvalue weighted by molar-refractivity contribution is -0.136. The number of aliphatic carboxylic acids is 1. The number of likely N-dealkylation sites (N-methyl/N-ethyl adjacent to an activating group) is 2. The van der Waals surface area contributed by atoms with Crippen LogP contribution in [0.5, 0.6) is 5.75 Å². The molecule has 0 aromatic heterocycles. The van der Waals surface area contributed by atoms with Crippen molar-refractivity contribution in [3.8, 4) is 5.75 Å². The maximum atomic E-state index is 11.7. The summed E-state index contributed by atoms with van der Waals surface area (Å²) in [6.45, 7) is 1.99. The van der Waals surface area contributed by atoms with Crippen molar-refractivity contribution in [3.63, 3.8) is 0 Å². The predicted molar refractivity (Wildman–Crippen MR) is 88.4 cm³/mol. The first-order chi connectivity index (χ1) is 10.9. The van der Waals surface area contributed by atoms with E-state index >= 15 is 0 Å². The highest BCUT2D eigenvalue weighted by molar-refractivity contribution is 5.97. The lowest BCUT2D eigenvalue weighted by Crippen LogP contribution is -2.36. The van der Waals surface area contributed by atoms with E-state index in [9.17, 15) is 9.59 Å². The number of nitrogens with zero attached hydrogens (tertiary/aromatic N) is 3. The van der Waals surface area contributed by atoms with Gasteiger partial charge < -0.3 is 24.5 Å². The van der Waals surface area contributed by atoms with E-state index in [4.69, 9.17) is 9.84 Å². The number of carbonyl (C=O) groups excluding carboxylic acids is 1. The van der Waals surface area contributed by atoms with E-state index < -0.39 is 5.97 Å². The third-order valence-electron chi connectivity index (χ3n) is 3.81. The molecule has 1 aliphatic rings. The Morgan fingerprint density at radius 2 is 2.04 bits per heavy atom. The average molecular weight is 321 g/mol. The molecule has 0 saturated heterocycles. The summed E-state index contributed by atoms with van der Waals surface area (Å²) in [5.41, 5.74) is 1.63. The largest absolute Gasteiger partial charge is 0.481 e. The fourth-order valence-electron chi connectivity index (χ4n) is 2.38. The zero-order chi connectivity index (χ0) is 17.0. The summed E-state index contributed by atoms with van der Waals surface area (Å²) in [7, 11) is 5.68. The molecule has 2 rings (SSSR count). The number of carboxylic acid groups (broad SMARTS) is 1. The van der Waals surface area contributed by atoms with Crippen molar-refractivity contribution in [2.45, 2.75) is 6.42 Å². The van der Waals surface area contributed by atoms with E-state index in [1.165, 1.54) is 0 Å². The Labute approximate surface area is 136 Å². The van der Waals surface area contributed by atoms with Crippen LogP contribution < -0.4 is 14.5 Å². The van der Waals surface area contributed by atoms with Gasteiger partial charge in [-0.2, -0.15) is 0 Å². The smallest absolute Gasteiger partial charge is 0.305 e. The number of fused-ring (bicyclic) bond motifs is 1. The molecule has 0 fully saturated rings. The number of anilines is 2. The minimum atomic E-state index is -0.820. The highest BCUT2D eigenvalue weighted by atomic mass is 16.5. The van der Waals surface area contributed by atoms with Gasteiger partial charge in [-0.3, -0.25) is 9.59 Å². The SMILES string of the molecule is CN(C)CCN(CCC(=O)O)c1ccc2c(c1)OCC(=O)N2C. The van der Waals surface area contributed by atoms with Crippen molar-refractivity contribution in [1.29, 1.82) is 0 Å². The van der Waals surface area contributed by atoms with Gasteiger partial charge in [0.25, 0.3) is 5.91 Å². The Morgan fingerprint density at radius 1 is 1.30 bits per heavy atom. The molecule has 0 spiro atoms. The second-order valence-electron chi connectivity index (χ2n) is 5.83. The Balaban J connectivity index is 2.20. The molecule has 1 aromatic rings. The van der Waals surface area contributed by atoms with Crippen LogP contribution in [0.4, 0.5) is 11.4 Å². The summed E-state index contributed by atoms with van der Waals surface area (Å²) < 4.78 is 5.50. The second kappa shape index (κ2) is 7.32. The first kappa shape index (κ1) is 17.1. The van der Waals surface area contributed by atoms with Crippen molar-refractivity contribution in [3.05, 3.63) is 18.2 Å². The highest BCUT2D eigenvalue weighted by Crippen LogP contribution is 2.34. The lowest BCUT2D eigenvalue weighted by Gasteiger charge is -2.30. The van der Waals surface area contributed by atoms with Gasteiger partial charge in [-0.25, -0.2) is 0 Å². The fraction of sp³-hybridized carbons (Fsp3) is 0.500. The van der Waals surface area contributed by atoms with Crippen LogP contribution >= 0.6 is 0 Å². The molecule has 1 heterocycles. The van der Waals surface area contributed by atoms with Crippen molar-refractivity contribution in [2.75, 3.05) is 57.2 Å². The van der Waals surface area contributed by atoms with Gasteiger partial charge in [-0.05, 0) is 26.2 Å². The van der Waals surface area contributed by atoms with Gasteiger partial charge in [0.1, 0.15) is 5.75 Å². The minimum Gasteiger partial charge on any atom is -0.481 e. The van der Waals surface area contributed by atoms with Crippen molar-refractivity contribution in [1.82, 2.24) is 4.90 Å². The Bertz CT molecular complexity index is 589. The molecule has 0 radical (unpaired) electrons. The van der Waals surface area contributed by atoms with Crippen molar-refractivity contribution in [2.24, 2.45) is 0 Å². The molecule has 1 amide bonds. The van der Waals surface area contributed by atoms with Crippen LogP contribution in [0.3, 0.4) is 0 Å². The third-order valence-corrected chi connectivity index (χ3v) is 3.81. The number of rotatable bonds is 7. The quantitative estimate of drug-likeness (QED) is 0.804. The Morgan fingerprint density at radius 3 is 2.70 bits per heavy atom. The topological polar surface area (TPSA) is 73.3 Å². The van der Waals surface area contributed by atoms with Gasteiger partial charge in [-0.1, -0.05) is 0 Å². The van der Waals surface area contributed by atoms with Gasteiger partial charge in [-0.15, -0.1) is 0 Å². The standard InChI is InChI=1S/C16H23N3O4/c1-17(2)8-9-19(7-6-16(21)22)12-4-5-13-14(10-12)23-11-15(20)18(13)3/h4-5,10H,6-9,11H2,1-3H3,(H,21,22). The highest BCUT2D eigenvalue weighted by Gasteiger charge is 2.23. The number of benzene rings is 1. The first-order valence-corrected chi connectivity index (χ1v) is 7.53. The summed E-state index contributed by atoms with van der Waals surface area (Å²) in [6, 6.07) is 5.61. The zero-order valence-electron chi connectivity index (χ0n) is 13.8. The molecular formula is C16H23N3O4. The second-order valence-corrected chi connectivity index (χ2v) is 5.83. The maximum absolute atomic E-state index is 11.7. The van der Waals surface area contributed by atoms with E-state index in [2.05, 4.69) is 4.90 Å². The monoisotopic (exact) mass is 321 g/mol. The minimum absolute atomic E-state index is 0.0276. The van der Waals surface area contributed by atoms with Crippen molar-refractivity contribution < 1.29 is 19.4 Å². The van der Waals surface area contributed by atoms with E-state index in [1.807, 2.05) is 37.2 Å². The zero-order valence-corrected chi connectivity index (χ0v) is 13.8. The number of hydrogen-bond acceptors (Lipinski definition) is 5. The molecule has 0 bridgehead atoms. The van der Waals surface area contributed by atoms with Crippen LogP contribution in [0.15, 0.2) is 18.2 Å². The molecule has 7 heteroatoms. The Kier molecular flexibility index (Phi) is 5.44. The van der Waals surface area contributed by atoms with Crippen molar-refractivity contribution >= 4 is 23.3 Å². The normalized spacial score (nSPS) is 13.7.